The molecule has 0 unspecified atom stereocenters. The number of pyridine rings is 1. The first-order valence-corrected chi connectivity index (χ1v) is 7.58. The Hall–Kier alpha value is -2.46. The van der Waals surface area contributed by atoms with Gasteiger partial charge in [0.15, 0.2) is 0 Å². The summed E-state index contributed by atoms with van der Waals surface area (Å²) in [5.41, 5.74) is 4.23. The molecule has 4 aromatic rings. The monoisotopic (exact) mass is 313 g/mol. The minimum absolute atomic E-state index is 0.136. The van der Waals surface area contributed by atoms with Crippen LogP contribution in [0.15, 0.2) is 47.4 Å². The Morgan fingerprint density at radius 2 is 1.82 bits per heavy atom. The highest BCUT2D eigenvalue weighted by atomic mass is 35.5. The molecule has 22 heavy (non-hydrogen) atoms. The molecule has 0 aliphatic rings. The standard InChI is InChI=1S/C15H10ClN3O.C2H6/c16-8-3-4-12-9(6-8)15-14(18-12)10(7-13(20)19-15)11-2-1-5-17-11;1-2/h1-7,17-18H,(H,19,20);1-2H3. The summed E-state index contributed by atoms with van der Waals surface area (Å²) in [6.45, 7) is 4.00. The maximum absolute atomic E-state index is 11.9. The first kappa shape index (κ1) is 14.5. The summed E-state index contributed by atoms with van der Waals surface area (Å²) < 4.78 is 0. The second-order valence-corrected chi connectivity index (χ2v) is 5.13. The van der Waals surface area contributed by atoms with Crippen molar-refractivity contribution in [1.29, 1.82) is 0 Å². The molecule has 0 radical (unpaired) electrons. The Labute approximate surface area is 132 Å². The predicted molar refractivity (Wildman–Crippen MR) is 92.6 cm³/mol. The highest BCUT2D eigenvalue weighted by Gasteiger charge is 2.12. The number of H-pyrrole nitrogens is 3. The molecular formula is C17H16ClN3O. The molecule has 1 aromatic carbocycles. The van der Waals surface area contributed by atoms with Crippen LogP contribution in [0.25, 0.3) is 33.2 Å². The van der Waals surface area contributed by atoms with Crippen molar-refractivity contribution in [1.82, 2.24) is 15.0 Å². The van der Waals surface area contributed by atoms with Crippen LogP contribution in [0.1, 0.15) is 13.8 Å². The molecule has 0 saturated carbocycles. The average molecular weight is 314 g/mol. The van der Waals surface area contributed by atoms with E-state index >= 15 is 0 Å². The van der Waals surface area contributed by atoms with E-state index in [2.05, 4.69) is 15.0 Å². The van der Waals surface area contributed by atoms with Gasteiger partial charge in [-0.2, -0.15) is 0 Å². The fraction of sp³-hybridized carbons (Fsp3) is 0.118. The molecule has 5 heteroatoms. The zero-order valence-corrected chi connectivity index (χ0v) is 13.1. The predicted octanol–water partition coefficient (Wildman–Crippen LogP) is 4.68. The Kier molecular flexibility index (Phi) is 3.77. The van der Waals surface area contributed by atoms with Crippen molar-refractivity contribution in [3.63, 3.8) is 0 Å². The molecular weight excluding hydrogens is 298 g/mol. The number of halogens is 1. The molecule has 3 heterocycles. The van der Waals surface area contributed by atoms with Crippen LogP contribution < -0.4 is 5.56 Å². The molecule has 0 aliphatic carbocycles. The van der Waals surface area contributed by atoms with Gasteiger partial charge in [0, 0.05) is 39.4 Å². The summed E-state index contributed by atoms with van der Waals surface area (Å²) in [4.78, 5) is 21.3. The van der Waals surface area contributed by atoms with E-state index in [-0.39, 0.29) is 5.56 Å². The quantitative estimate of drug-likeness (QED) is 0.469. The zero-order chi connectivity index (χ0) is 15.7. The lowest BCUT2D eigenvalue weighted by molar-refractivity contribution is 1.30. The van der Waals surface area contributed by atoms with Gasteiger partial charge in [-0.3, -0.25) is 4.79 Å². The molecule has 0 atom stereocenters. The lowest BCUT2D eigenvalue weighted by atomic mass is 10.1. The van der Waals surface area contributed by atoms with Crippen LogP contribution in [0.3, 0.4) is 0 Å². The van der Waals surface area contributed by atoms with Gasteiger partial charge in [-0.05, 0) is 30.3 Å². The van der Waals surface area contributed by atoms with Gasteiger partial charge >= 0.3 is 0 Å². The number of fused-ring (bicyclic) bond motifs is 3. The highest BCUT2D eigenvalue weighted by molar-refractivity contribution is 6.31. The summed E-state index contributed by atoms with van der Waals surface area (Å²) in [6.07, 6.45) is 1.84. The lowest BCUT2D eigenvalue weighted by Crippen LogP contribution is -2.04. The summed E-state index contributed by atoms with van der Waals surface area (Å²) in [7, 11) is 0. The fourth-order valence-electron chi connectivity index (χ4n) is 2.57. The van der Waals surface area contributed by atoms with Crippen molar-refractivity contribution >= 4 is 33.5 Å². The summed E-state index contributed by atoms with van der Waals surface area (Å²) in [5.74, 6) is 0. The number of hydrogen-bond donors (Lipinski definition) is 3. The van der Waals surface area contributed by atoms with E-state index in [1.165, 1.54) is 0 Å². The van der Waals surface area contributed by atoms with E-state index in [1.807, 2.05) is 50.4 Å². The van der Waals surface area contributed by atoms with Crippen LogP contribution in [0.4, 0.5) is 0 Å². The van der Waals surface area contributed by atoms with E-state index in [4.69, 9.17) is 11.6 Å². The van der Waals surface area contributed by atoms with Gasteiger partial charge in [0.1, 0.15) is 0 Å². The van der Waals surface area contributed by atoms with Crippen molar-refractivity contribution in [2.45, 2.75) is 13.8 Å². The van der Waals surface area contributed by atoms with Crippen molar-refractivity contribution < 1.29 is 0 Å². The minimum Gasteiger partial charge on any atom is -0.361 e. The number of hydrogen-bond acceptors (Lipinski definition) is 1. The smallest absolute Gasteiger partial charge is 0.249 e. The Morgan fingerprint density at radius 1 is 1.00 bits per heavy atom. The molecule has 112 valence electrons. The largest absolute Gasteiger partial charge is 0.361 e. The van der Waals surface area contributed by atoms with Gasteiger partial charge in [0.2, 0.25) is 5.56 Å². The van der Waals surface area contributed by atoms with Crippen LogP contribution in [0, 0.1) is 0 Å². The van der Waals surface area contributed by atoms with Gasteiger partial charge in [0.05, 0.1) is 11.0 Å². The third-order valence-electron chi connectivity index (χ3n) is 3.44. The summed E-state index contributed by atoms with van der Waals surface area (Å²) >= 11 is 6.04. The van der Waals surface area contributed by atoms with Crippen molar-refractivity contribution in [3.8, 4) is 11.3 Å². The van der Waals surface area contributed by atoms with E-state index < -0.39 is 0 Å². The average Bonchev–Trinajstić information content (AvgIpc) is 3.16. The van der Waals surface area contributed by atoms with Gasteiger partial charge in [-0.15, -0.1) is 0 Å². The highest BCUT2D eigenvalue weighted by Crippen LogP contribution is 2.31. The Bertz CT molecular complexity index is 980. The molecule has 0 spiro atoms. The third-order valence-corrected chi connectivity index (χ3v) is 3.68. The van der Waals surface area contributed by atoms with Gasteiger partial charge in [0.25, 0.3) is 0 Å². The maximum atomic E-state index is 11.9. The molecule has 0 fully saturated rings. The van der Waals surface area contributed by atoms with E-state index in [9.17, 15) is 4.79 Å². The molecule has 3 N–H and O–H groups in total. The van der Waals surface area contributed by atoms with E-state index in [1.54, 1.807) is 6.07 Å². The van der Waals surface area contributed by atoms with Crippen LogP contribution in [-0.2, 0) is 0 Å². The van der Waals surface area contributed by atoms with Gasteiger partial charge in [-0.1, -0.05) is 25.4 Å². The van der Waals surface area contributed by atoms with Crippen molar-refractivity contribution in [3.05, 3.63) is 58.0 Å². The Morgan fingerprint density at radius 3 is 2.55 bits per heavy atom. The Balaban J connectivity index is 0.000000693. The SMILES string of the molecule is CC.O=c1cc(-c2ccc[nH]2)c2[nH]c3ccc(Cl)cc3c2[nH]1. The summed E-state index contributed by atoms with van der Waals surface area (Å²) in [6, 6.07) is 11.0. The zero-order valence-electron chi connectivity index (χ0n) is 12.3. The second-order valence-electron chi connectivity index (χ2n) is 4.70. The van der Waals surface area contributed by atoms with Gasteiger partial charge < -0.3 is 15.0 Å². The van der Waals surface area contributed by atoms with Crippen LogP contribution in [-0.4, -0.2) is 15.0 Å². The molecule has 3 aromatic heterocycles. The molecule has 4 nitrogen and oxygen atoms in total. The normalized spacial score (nSPS) is 10.7. The lowest BCUT2D eigenvalue weighted by Gasteiger charge is -2.00. The number of rotatable bonds is 1. The topological polar surface area (TPSA) is 64.4 Å². The minimum atomic E-state index is -0.136. The van der Waals surface area contributed by atoms with E-state index in [0.717, 1.165) is 33.2 Å². The fourth-order valence-corrected chi connectivity index (χ4v) is 2.74. The number of benzene rings is 1. The summed E-state index contributed by atoms with van der Waals surface area (Å²) in [5, 5.41) is 1.56. The van der Waals surface area contributed by atoms with Gasteiger partial charge in [-0.25, -0.2) is 0 Å². The van der Waals surface area contributed by atoms with Crippen molar-refractivity contribution in [2.75, 3.05) is 0 Å². The molecule has 4 rings (SSSR count). The molecule has 0 saturated heterocycles. The first-order chi connectivity index (χ1) is 10.7. The number of aromatic amines is 3. The first-order valence-electron chi connectivity index (χ1n) is 7.20. The van der Waals surface area contributed by atoms with Crippen LogP contribution in [0.2, 0.25) is 5.02 Å². The van der Waals surface area contributed by atoms with Crippen LogP contribution >= 0.6 is 11.6 Å². The maximum Gasteiger partial charge on any atom is 0.249 e. The van der Waals surface area contributed by atoms with Crippen molar-refractivity contribution in [2.24, 2.45) is 0 Å². The van der Waals surface area contributed by atoms with E-state index in [0.29, 0.717) is 5.02 Å². The van der Waals surface area contributed by atoms with Crippen LogP contribution in [0.5, 0.6) is 0 Å². The molecule has 0 amide bonds. The molecule has 0 bridgehead atoms. The second kappa shape index (κ2) is 5.73. The molecule has 0 aliphatic heterocycles. The number of nitrogens with one attached hydrogen (secondary N) is 3. The number of aromatic nitrogens is 3. The third kappa shape index (κ3) is 2.31.